The van der Waals surface area contributed by atoms with Crippen molar-refractivity contribution in [3.63, 3.8) is 0 Å². The molecule has 16 atom stereocenters. The van der Waals surface area contributed by atoms with Gasteiger partial charge in [0.05, 0.1) is 44.2 Å². The van der Waals surface area contributed by atoms with Crippen LogP contribution in [0.25, 0.3) is 10.9 Å². The Kier molecular flexibility index (Phi) is 28.2. The van der Waals surface area contributed by atoms with E-state index in [1.807, 2.05) is 60.4 Å². The number of aliphatic carboxylic acids is 5. The van der Waals surface area contributed by atoms with Crippen LogP contribution in [-0.4, -0.2) is 241 Å². The number of para-hydroxylation sites is 1. The highest BCUT2D eigenvalue weighted by atomic mass is 33.1. The summed E-state index contributed by atoms with van der Waals surface area (Å²) in [5, 5.41) is 99.4. The number of H-pyrrole nitrogens is 1. The molecule has 2 saturated carbocycles. The number of nitrogens with zero attached hydrogens (tertiary/aromatic N) is 2. The Balaban J connectivity index is 0.762. The first-order valence-electron chi connectivity index (χ1n) is 38.0. The monoisotopic (exact) mass is 1610 g/mol. The number of hydrogen-bond donors (Lipinski definition) is 14. The van der Waals surface area contributed by atoms with Crippen LogP contribution in [0.2, 0.25) is 0 Å². The number of ether oxygens (including phenoxy) is 3. The van der Waals surface area contributed by atoms with E-state index in [0.717, 1.165) is 43.6 Å². The van der Waals surface area contributed by atoms with Crippen molar-refractivity contribution in [1.29, 1.82) is 0 Å². The second kappa shape index (κ2) is 37.1. The van der Waals surface area contributed by atoms with Crippen LogP contribution in [0.1, 0.15) is 131 Å². The van der Waals surface area contributed by atoms with Crippen molar-refractivity contribution in [3.05, 3.63) is 107 Å². The molecule has 1 spiro atoms. The minimum atomic E-state index is -2.58. The minimum Gasteiger partial charge on any atom is -0.496 e. The number of aromatic amines is 1. The summed E-state index contributed by atoms with van der Waals surface area (Å²) in [5.74, 6) is -17.2. The van der Waals surface area contributed by atoms with Crippen molar-refractivity contribution in [2.24, 2.45) is 35.5 Å². The van der Waals surface area contributed by atoms with Crippen molar-refractivity contribution < 1.29 is 117 Å². The van der Waals surface area contributed by atoms with Crippen molar-refractivity contribution in [3.8, 4) is 5.75 Å². The molecule has 4 unspecified atom stereocenters. The van der Waals surface area contributed by atoms with E-state index < -0.39 is 199 Å². The third-order valence-electron chi connectivity index (χ3n) is 23.5. The summed E-state index contributed by atoms with van der Waals surface area (Å²) in [7, 11) is 6.70. The van der Waals surface area contributed by atoms with Crippen LogP contribution >= 0.6 is 21.6 Å². The van der Waals surface area contributed by atoms with Gasteiger partial charge in [0, 0.05) is 128 Å². The Labute approximate surface area is 659 Å². The third-order valence-corrected chi connectivity index (χ3v) is 25.9. The van der Waals surface area contributed by atoms with Crippen LogP contribution in [0.3, 0.4) is 0 Å². The molecule has 1 saturated heterocycles. The van der Waals surface area contributed by atoms with Crippen molar-refractivity contribution in [2.45, 2.75) is 168 Å². The number of ketones is 2. The maximum absolute atomic E-state index is 15.5. The van der Waals surface area contributed by atoms with Crippen LogP contribution in [0.15, 0.2) is 78.9 Å². The van der Waals surface area contributed by atoms with Crippen LogP contribution in [0, 0.1) is 35.5 Å². The summed E-state index contributed by atoms with van der Waals surface area (Å²) in [5.41, 5.74) is -1.38. The number of carboxylic acid groups (broad SMARTS) is 5. The number of anilines is 1. The van der Waals surface area contributed by atoms with Crippen LogP contribution in [-0.2, 0) is 90.7 Å². The first-order chi connectivity index (χ1) is 53.8. The number of Topliss-reactive ketones (excluding diaryl/α,β-unsaturated/α-hetero) is 2. The fraction of sp³-hybridized carbons (Fsp3) is 0.557. The highest BCUT2D eigenvalue weighted by Crippen LogP contribution is 2.69. The molecule has 0 radical (unpaired) electrons. The van der Waals surface area contributed by atoms with Crippen molar-refractivity contribution in [2.75, 3.05) is 77.0 Å². The molecule has 3 aromatic carbocycles. The maximum atomic E-state index is 15.5. The number of benzene rings is 3. The lowest BCUT2D eigenvalue weighted by atomic mass is 9.50. The Bertz CT molecular complexity index is 4290. The highest BCUT2D eigenvalue weighted by Gasteiger charge is 2.75. The zero-order valence-corrected chi connectivity index (χ0v) is 65.0. The summed E-state index contributed by atoms with van der Waals surface area (Å²) < 4.78 is 17.9. The quantitative estimate of drug-likeness (QED) is 0.0130. The molecule has 3 aliphatic carbocycles. The molecule has 3 aliphatic heterocycles. The number of hydrogen-bond acceptors (Lipinski definition) is 23. The number of esters is 2. The Hall–Kier alpha value is -9.61. The van der Waals surface area contributed by atoms with Gasteiger partial charge in [0.2, 0.25) is 11.8 Å². The Morgan fingerprint density at radius 2 is 1.50 bits per heavy atom. The molecule has 6 aliphatic rings. The highest BCUT2D eigenvalue weighted by molar-refractivity contribution is 8.76. The number of nitrogens with one attached hydrogen (secondary N) is 6. The molecule has 113 heavy (non-hydrogen) atoms. The molecule has 14 N–H and O–H groups in total. The molecule has 1 aromatic heterocycles. The number of fused-ring (bicyclic) bond motifs is 6. The summed E-state index contributed by atoms with van der Waals surface area (Å²) in [6.07, 6.45) is 0.857. The second-order valence-electron chi connectivity index (χ2n) is 30.5. The predicted octanol–water partition coefficient (Wildman–Crippen LogP) is 4.03. The average Bonchev–Trinajstić information content (AvgIpc) is 1.48. The first kappa shape index (κ1) is 85.8. The molecular weight excluding hydrogens is 1510 g/mol. The van der Waals surface area contributed by atoms with E-state index in [0.29, 0.717) is 86.4 Å². The predicted molar refractivity (Wildman–Crippen MR) is 410 cm³/mol. The first-order valence-corrected chi connectivity index (χ1v) is 40.5. The number of aromatic nitrogens is 1. The zero-order chi connectivity index (χ0) is 81.9. The second-order valence-corrected chi connectivity index (χ2v) is 33.2. The number of carboxylic acids is 5. The van der Waals surface area contributed by atoms with E-state index in [2.05, 4.69) is 36.5 Å². The number of aliphatic hydroxyl groups excluding tert-OH is 1. The van der Waals surface area contributed by atoms with Crippen LogP contribution in [0.4, 0.5) is 10.5 Å². The largest absolute Gasteiger partial charge is 0.496 e. The minimum absolute atomic E-state index is 0.0295. The van der Waals surface area contributed by atoms with E-state index >= 15 is 9.59 Å². The van der Waals surface area contributed by atoms with Crippen LogP contribution < -0.4 is 36.2 Å². The average molecular weight is 1610 g/mol. The summed E-state index contributed by atoms with van der Waals surface area (Å²) in [6, 6.07) is 13.0. The number of rotatable bonds is 39. The molecule has 5 amide bonds. The fourth-order valence-corrected chi connectivity index (χ4v) is 20.4. The number of aliphatic hydroxyl groups is 3. The lowest BCUT2D eigenvalue weighted by Gasteiger charge is -2.58. The SMILES string of the molecule is CC[C@]1(O)CC2CN(CCc3c([nH]c4ccccc34)[C@@](C(=O)OC)(c3cc4c(cc3OC)N(C)[C@H]3[C@@](O)(C(=O)NCC(=O)OCCSSC[C@H](NC(=O)[C@@H](CC(=O)[C@H](CC(=O)O)NC(=O)CC[C@H](CC(=O)CC[C@H](NC(=O)NCCCC(=O)O)C(=O)O)C(=O)O)Cc5ccccc5)C(=O)O)[C@H](O)C5C=CCC6CC[C@]43[C@@H]65)C2)C1. The van der Waals surface area contributed by atoms with Gasteiger partial charge in [-0.2, -0.15) is 0 Å². The number of carbonyl (C=O) groups is 13. The van der Waals surface area contributed by atoms with Gasteiger partial charge in [0.25, 0.3) is 5.91 Å². The number of piperidine rings is 1. The smallest absolute Gasteiger partial charge is 0.327 e. The van der Waals surface area contributed by atoms with Crippen molar-refractivity contribution >= 4 is 115 Å². The normalized spacial score (nSPS) is 25.7. The van der Waals surface area contributed by atoms with E-state index in [4.69, 9.17) is 19.3 Å². The number of urea groups is 1. The third kappa shape index (κ3) is 18.9. The number of methoxy groups -OCH3 is 2. The molecule has 4 aromatic rings. The zero-order valence-electron chi connectivity index (χ0n) is 63.4. The molecule has 2 bridgehead atoms. The van der Waals surface area contributed by atoms with Gasteiger partial charge in [-0.15, -0.1) is 0 Å². The molecule has 10 rings (SSSR count). The Morgan fingerprint density at radius 3 is 2.19 bits per heavy atom. The van der Waals surface area contributed by atoms with E-state index in [9.17, 15) is 88.5 Å². The van der Waals surface area contributed by atoms with Gasteiger partial charge in [-0.25, -0.2) is 14.4 Å². The topological polar surface area (TPSA) is 494 Å². The lowest BCUT2D eigenvalue weighted by molar-refractivity contribution is -0.185. The van der Waals surface area contributed by atoms with Gasteiger partial charge < -0.3 is 91.5 Å². The van der Waals surface area contributed by atoms with Gasteiger partial charge in [-0.05, 0) is 117 Å². The van der Waals surface area contributed by atoms with E-state index in [1.165, 1.54) is 14.2 Å². The lowest BCUT2D eigenvalue weighted by Crippen LogP contribution is -2.76. The molecule has 612 valence electrons. The molecule has 32 nitrogen and oxygen atoms in total. The molecule has 34 heteroatoms. The number of allylic oxidation sites excluding steroid dienone is 1. The number of likely N-dealkylation sites (N-methyl/N-ethyl adjacent to an activating group) is 1. The van der Waals surface area contributed by atoms with Gasteiger partial charge in [0.15, 0.2) is 11.4 Å². The van der Waals surface area contributed by atoms with E-state index in [-0.39, 0.29) is 68.1 Å². The maximum Gasteiger partial charge on any atom is 0.327 e. The molecule has 3 fully saturated rings. The van der Waals surface area contributed by atoms with Gasteiger partial charge in [-0.1, -0.05) is 89.2 Å². The molecule has 4 heterocycles. The summed E-state index contributed by atoms with van der Waals surface area (Å²) >= 11 is 0. The number of carbonyl (C=O) groups excluding carboxylic acids is 8. The standard InChI is InChI=1S/C79H100N8O24S2/c1-5-76(107)37-44-38-78(74(105)110-4,66-50(25-28-87(40-44)42-76)49-16-9-10-18-54(49)83-66)53-34-52-58(36-60(53)109-3)86(2)72-77(52)26-24-45-15-11-17-51(65(45)77)67(96)79(72,108)73(104)81-39-64(95)111-29-30-112-113-41-57(71(102)103)84-68(97)47(31-43-13-7-6-8-14-43)33-59(89)56(35-63(93)94)82-61(90)23-20-46(69(98)99)32-48(88)21-22-55(70(100)101)85-75(106)80-27-12-19-62(91)92/h6-11,13-14,16-18,34,36,44-47,51,55-57,65,67,72,83,96,107-108H,5,12,15,19-33,35,37-42H2,1-4H3,(H,81,104)(H,82,90)(H,84,97)(H,91,92)(H,93,94)(H,98,99)(H,100,101)(H,102,103)(H2,80,85,106)/t44?,45?,46-,47-,51?,55+,56+,57+,65+,67-,72-,76+,77-,78+,79-/m1/s1. The van der Waals surface area contributed by atoms with Gasteiger partial charge in [0.1, 0.15) is 48.3 Å². The van der Waals surface area contributed by atoms with Gasteiger partial charge in [-0.3, -0.25) is 52.8 Å². The number of amides is 5. The molecular formula is C79H100N8O24S2. The van der Waals surface area contributed by atoms with E-state index in [1.54, 1.807) is 37.4 Å². The van der Waals surface area contributed by atoms with Crippen molar-refractivity contribution in [1.82, 2.24) is 36.5 Å². The summed E-state index contributed by atoms with van der Waals surface area (Å²) in [4.78, 5) is 178. The fourth-order valence-electron chi connectivity index (χ4n) is 18.4. The summed E-state index contributed by atoms with van der Waals surface area (Å²) in [6.45, 7) is 2.60. The Morgan fingerprint density at radius 1 is 0.761 bits per heavy atom. The van der Waals surface area contributed by atoms with Crippen LogP contribution in [0.5, 0.6) is 5.75 Å². The van der Waals surface area contributed by atoms with Gasteiger partial charge >= 0.3 is 47.8 Å².